The molecule has 0 unspecified atom stereocenters. The zero-order valence-corrected chi connectivity index (χ0v) is 16.7. The third-order valence-electron chi connectivity index (χ3n) is 4.90. The van der Waals surface area contributed by atoms with Crippen LogP contribution in [0.2, 0.25) is 0 Å². The average Bonchev–Trinajstić information content (AvgIpc) is 3.37. The van der Waals surface area contributed by atoms with Crippen molar-refractivity contribution in [2.24, 2.45) is 0 Å². The van der Waals surface area contributed by atoms with Crippen molar-refractivity contribution < 1.29 is 4.74 Å². The van der Waals surface area contributed by atoms with Crippen LogP contribution in [0.25, 0.3) is 5.69 Å². The van der Waals surface area contributed by atoms with Crippen LogP contribution in [0.4, 0.5) is 0 Å². The van der Waals surface area contributed by atoms with Gasteiger partial charge in [-0.15, -0.1) is 16.6 Å². The fourth-order valence-corrected chi connectivity index (χ4v) is 4.68. The topological polar surface area (TPSA) is 52.8 Å². The summed E-state index contributed by atoms with van der Waals surface area (Å²) in [5.41, 5.74) is 2.85. The van der Waals surface area contributed by atoms with Gasteiger partial charge in [0.15, 0.2) is 11.0 Å². The molecule has 0 radical (unpaired) electrons. The fourth-order valence-electron chi connectivity index (χ4n) is 3.41. The summed E-state index contributed by atoms with van der Waals surface area (Å²) in [5.74, 6) is 4.20. The van der Waals surface area contributed by atoms with Crippen LogP contribution in [0.15, 0.2) is 47.9 Å². The number of aromatic nitrogens is 4. The molecule has 1 fully saturated rings. The Labute approximate surface area is 169 Å². The Hall–Kier alpha value is -2.78. The number of terminal acetylenes is 1. The molecule has 0 bridgehead atoms. The summed E-state index contributed by atoms with van der Waals surface area (Å²) in [6.07, 6.45) is 14.2. The van der Waals surface area contributed by atoms with Crippen LogP contribution in [0.1, 0.15) is 42.6 Å². The number of benzene rings is 1. The molecule has 1 saturated carbocycles. The predicted molar refractivity (Wildman–Crippen MR) is 111 cm³/mol. The average molecular weight is 391 g/mol. The molecular weight excluding hydrogens is 368 g/mol. The second-order valence-electron chi connectivity index (χ2n) is 6.88. The third-order valence-corrected chi connectivity index (χ3v) is 6.18. The van der Waals surface area contributed by atoms with E-state index in [9.17, 15) is 0 Å². The first kappa shape index (κ1) is 18.6. The van der Waals surface area contributed by atoms with Crippen LogP contribution in [-0.2, 0) is 6.61 Å². The second-order valence-corrected chi connectivity index (χ2v) is 8.15. The van der Waals surface area contributed by atoms with Gasteiger partial charge in [-0.25, -0.2) is 0 Å². The van der Waals surface area contributed by atoms with Crippen LogP contribution < -0.4 is 4.74 Å². The molecule has 1 aromatic carbocycles. The van der Waals surface area contributed by atoms with Gasteiger partial charge < -0.3 is 4.74 Å². The van der Waals surface area contributed by atoms with Gasteiger partial charge in [-0.1, -0.05) is 30.5 Å². The van der Waals surface area contributed by atoms with E-state index in [1.54, 1.807) is 18.0 Å². The van der Waals surface area contributed by atoms with Gasteiger partial charge >= 0.3 is 0 Å². The molecule has 28 heavy (non-hydrogen) atoms. The minimum atomic E-state index is 0.321. The number of ether oxygens (including phenoxy) is 1. The van der Waals surface area contributed by atoms with E-state index < -0.39 is 0 Å². The predicted octanol–water partition coefficient (Wildman–Crippen LogP) is 4.57. The summed E-state index contributed by atoms with van der Waals surface area (Å²) in [4.78, 5) is 4.26. The van der Waals surface area contributed by atoms with Gasteiger partial charge in [-0.05, 0) is 55.7 Å². The number of thioether (sulfide) groups is 1. The third kappa shape index (κ3) is 4.05. The van der Waals surface area contributed by atoms with Crippen molar-refractivity contribution in [3.63, 3.8) is 0 Å². The molecule has 0 amide bonds. The van der Waals surface area contributed by atoms with Crippen molar-refractivity contribution in [3.8, 4) is 23.8 Å². The van der Waals surface area contributed by atoms with Gasteiger partial charge in [0.25, 0.3) is 0 Å². The number of rotatable bonds is 6. The molecule has 6 heteroatoms. The van der Waals surface area contributed by atoms with E-state index in [1.165, 1.54) is 25.7 Å². The van der Waals surface area contributed by atoms with E-state index in [4.69, 9.17) is 11.2 Å². The number of pyridine rings is 1. The van der Waals surface area contributed by atoms with Crippen molar-refractivity contribution in [1.29, 1.82) is 0 Å². The maximum atomic E-state index is 6.00. The van der Waals surface area contributed by atoms with E-state index in [0.29, 0.717) is 11.9 Å². The van der Waals surface area contributed by atoms with Crippen molar-refractivity contribution >= 4 is 11.8 Å². The Morgan fingerprint density at radius 3 is 2.82 bits per heavy atom. The minimum absolute atomic E-state index is 0.321. The van der Waals surface area contributed by atoms with Gasteiger partial charge in [-0.3, -0.25) is 9.55 Å². The first-order valence-electron chi connectivity index (χ1n) is 9.46. The number of hydrogen-bond acceptors (Lipinski definition) is 5. The molecule has 0 spiro atoms. The van der Waals surface area contributed by atoms with Crippen molar-refractivity contribution in [1.82, 2.24) is 19.7 Å². The van der Waals surface area contributed by atoms with Crippen LogP contribution in [-0.4, -0.2) is 25.0 Å². The molecule has 5 nitrogen and oxygen atoms in total. The quantitative estimate of drug-likeness (QED) is 0.577. The number of hydrogen-bond donors (Lipinski definition) is 0. The van der Waals surface area contributed by atoms with Crippen molar-refractivity contribution in [3.05, 3.63) is 59.7 Å². The maximum absolute atomic E-state index is 6.00. The van der Waals surface area contributed by atoms with Crippen molar-refractivity contribution in [2.75, 3.05) is 0 Å². The van der Waals surface area contributed by atoms with Crippen LogP contribution in [0.5, 0.6) is 5.75 Å². The summed E-state index contributed by atoms with van der Waals surface area (Å²) in [7, 11) is 0. The Balaban J connectivity index is 1.58. The maximum Gasteiger partial charge on any atom is 0.196 e. The molecule has 3 aromatic rings. The lowest BCUT2D eigenvalue weighted by molar-refractivity contribution is 0.292. The number of aryl methyl sites for hydroxylation is 1. The highest BCUT2D eigenvalue weighted by Crippen LogP contribution is 2.35. The van der Waals surface area contributed by atoms with E-state index in [2.05, 4.69) is 25.7 Å². The first-order valence-corrected chi connectivity index (χ1v) is 10.3. The normalized spacial score (nSPS) is 14.1. The largest absolute Gasteiger partial charge is 0.486 e. The molecule has 0 atom stereocenters. The van der Waals surface area contributed by atoms with Gasteiger partial charge in [0, 0.05) is 17.0 Å². The summed E-state index contributed by atoms with van der Waals surface area (Å²) in [6.45, 7) is 2.30. The lowest BCUT2D eigenvalue weighted by atomic mass is 10.1. The first-order chi connectivity index (χ1) is 13.7. The van der Waals surface area contributed by atoms with Gasteiger partial charge in [0.05, 0.1) is 11.9 Å². The van der Waals surface area contributed by atoms with Gasteiger partial charge in [-0.2, -0.15) is 0 Å². The zero-order chi connectivity index (χ0) is 19.3. The Kier molecular flexibility index (Phi) is 5.63. The molecule has 2 heterocycles. The van der Waals surface area contributed by atoms with E-state index in [-0.39, 0.29) is 0 Å². The Bertz CT molecular complexity index is 988. The SMILES string of the molecule is C#Cc1ccc(OCc2nnc(SC3CCCC3)n2-c2cccnc2)cc1C. The molecule has 0 aliphatic heterocycles. The fraction of sp³-hybridized carbons (Fsp3) is 0.318. The van der Waals surface area contributed by atoms with E-state index >= 15 is 0 Å². The highest BCUT2D eigenvalue weighted by Gasteiger charge is 2.22. The van der Waals surface area contributed by atoms with Gasteiger partial charge in [0.2, 0.25) is 0 Å². The molecule has 2 aromatic heterocycles. The molecule has 0 saturated heterocycles. The summed E-state index contributed by atoms with van der Waals surface area (Å²) < 4.78 is 8.05. The standard InChI is InChI=1S/C22H22N4OS/c1-3-17-10-11-19(13-16(17)2)27-15-21-24-25-22(28-20-8-4-5-9-20)26(21)18-7-6-12-23-14-18/h1,6-7,10-14,20H,4-5,8-9,15H2,2H3. The van der Waals surface area contributed by atoms with Crippen LogP contribution in [0.3, 0.4) is 0 Å². The highest BCUT2D eigenvalue weighted by atomic mass is 32.2. The molecular formula is C22H22N4OS. The Morgan fingerprint density at radius 2 is 2.11 bits per heavy atom. The summed E-state index contributed by atoms with van der Waals surface area (Å²) in [5, 5.41) is 10.4. The molecule has 1 aliphatic rings. The Morgan fingerprint density at radius 1 is 1.25 bits per heavy atom. The molecule has 1 aliphatic carbocycles. The van der Waals surface area contributed by atoms with Crippen LogP contribution >= 0.6 is 11.8 Å². The number of nitrogens with zero attached hydrogens (tertiary/aromatic N) is 4. The molecule has 0 N–H and O–H groups in total. The summed E-state index contributed by atoms with van der Waals surface area (Å²) >= 11 is 1.81. The zero-order valence-electron chi connectivity index (χ0n) is 15.8. The van der Waals surface area contributed by atoms with Crippen LogP contribution in [0, 0.1) is 19.3 Å². The lowest BCUT2D eigenvalue weighted by Gasteiger charge is -2.13. The van der Waals surface area contributed by atoms with Crippen molar-refractivity contribution in [2.45, 2.75) is 49.6 Å². The van der Waals surface area contributed by atoms with Gasteiger partial charge in [0.1, 0.15) is 12.4 Å². The lowest BCUT2D eigenvalue weighted by Crippen LogP contribution is -2.08. The monoisotopic (exact) mass is 390 g/mol. The second kappa shape index (κ2) is 8.49. The highest BCUT2D eigenvalue weighted by molar-refractivity contribution is 7.99. The molecule has 4 rings (SSSR count). The molecule has 142 valence electrons. The minimum Gasteiger partial charge on any atom is -0.486 e. The van der Waals surface area contributed by atoms with E-state index in [0.717, 1.165) is 33.5 Å². The summed E-state index contributed by atoms with van der Waals surface area (Å²) in [6, 6.07) is 9.68. The smallest absolute Gasteiger partial charge is 0.196 e. The van der Waals surface area contributed by atoms with E-state index in [1.807, 2.05) is 43.5 Å².